The summed E-state index contributed by atoms with van der Waals surface area (Å²) in [6, 6.07) is 0.109. The van der Waals surface area contributed by atoms with E-state index < -0.39 is 0 Å². The maximum Gasteiger partial charge on any atom is 0.0832 e. The zero-order chi connectivity index (χ0) is 8.43. The van der Waals surface area contributed by atoms with Crippen LogP contribution in [0.2, 0.25) is 0 Å². The fraction of sp³-hybridized carbons (Fsp3) is 0.571. The summed E-state index contributed by atoms with van der Waals surface area (Å²) in [5.74, 6) is 0. The normalized spacial score (nSPS) is 13.5. The van der Waals surface area contributed by atoms with Crippen molar-refractivity contribution in [2.45, 2.75) is 19.9 Å². The van der Waals surface area contributed by atoms with Crippen LogP contribution in [0.25, 0.3) is 0 Å². The van der Waals surface area contributed by atoms with Crippen LogP contribution in [0, 0.1) is 6.92 Å². The lowest BCUT2D eigenvalue weighted by Crippen LogP contribution is -2.08. The number of hydrogen-bond donors (Lipinski definition) is 1. The first-order valence-electron chi connectivity index (χ1n) is 3.51. The van der Waals surface area contributed by atoms with Gasteiger partial charge in [0.1, 0.15) is 0 Å². The molecular formula is C7H12ClN3. The summed E-state index contributed by atoms with van der Waals surface area (Å²) in [6.07, 6.45) is 1.97. The molecule has 1 aromatic heterocycles. The Labute approximate surface area is 71.5 Å². The zero-order valence-electron chi connectivity index (χ0n) is 6.93. The van der Waals surface area contributed by atoms with Gasteiger partial charge < -0.3 is 0 Å². The Balaban J connectivity index is 2.93. The number of aryl methyl sites for hydroxylation is 2. The van der Waals surface area contributed by atoms with Gasteiger partial charge in [0.05, 0.1) is 11.7 Å². The van der Waals surface area contributed by atoms with Crippen molar-refractivity contribution in [1.29, 1.82) is 0 Å². The molecule has 11 heavy (non-hydrogen) atoms. The Bertz CT molecular complexity index is 244. The molecule has 4 heteroatoms. The van der Waals surface area contributed by atoms with Crippen molar-refractivity contribution in [3.05, 3.63) is 17.5 Å². The fourth-order valence-corrected chi connectivity index (χ4v) is 1.21. The minimum absolute atomic E-state index is 0.109. The van der Waals surface area contributed by atoms with Crippen LogP contribution in [0.1, 0.15) is 24.2 Å². The smallest absolute Gasteiger partial charge is 0.0832 e. The molecule has 0 spiro atoms. The molecule has 0 amide bonds. The molecule has 3 nitrogen and oxygen atoms in total. The van der Waals surface area contributed by atoms with Gasteiger partial charge >= 0.3 is 0 Å². The molecule has 0 unspecified atom stereocenters. The summed E-state index contributed by atoms with van der Waals surface area (Å²) in [4.78, 5) is 2.63. The second kappa shape index (κ2) is 3.24. The molecule has 1 atom stereocenters. The lowest BCUT2D eigenvalue weighted by atomic mass is 10.2. The van der Waals surface area contributed by atoms with Gasteiger partial charge in [-0.25, -0.2) is 4.84 Å². The van der Waals surface area contributed by atoms with Gasteiger partial charge in [-0.1, -0.05) is 0 Å². The molecule has 0 aliphatic carbocycles. The molecule has 0 aliphatic heterocycles. The number of rotatable bonds is 2. The predicted octanol–water partition coefficient (Wildman–Crippen LogP) is 1.53. The van der Waals surface area contributed by atoms with E-state index in [2.05, 4.69) is 9.93 Å². The molecule has 0 bridgehead atoms. The van der Waals surface area contributed by atoms with Gasteiger partial charge in [-0.3, -0.25) is 4.68 Å². The van der Waals surface area contributed by atoms with Crippen LogP contribution in [-0.2, 0) is 7.05 Å². The summed E-state index contributed by atoms with van der Waals surface area (Å²) < 4.78 is 1.79. The van der Waals surface area contributed by atoms with Crippen molar-refractivity contribution >= 4 is 11.8 Å². The molecular weight excluding hydrogens is 162 g/mol. The standard InChI is InChI=1S/C7H12ClN3/c1-5-4-11(3)10-7(5)6(2)9-8/h4,6,9H,1-3H3/t6-/m0/s1. The topological polar surface area (TPSA) is 29.9 Å². The van der Waals surface area contributed by atoms with Gasteiger partial charge in [0.2, 0.25) is 0 Å². The fourth-order valence-electron chi connectivity index (χ4n) is 1.10. The summed E-state index contributed by atoms with van der Waals surface area (Å²) >= 11 is 5.47. The van der Waals surface area contributed by atoms with E-state index in [1.165, 1.54) is 0 Å². The van der Waals surface area contributed by atoms with Crippen molar-refractivity contribution < 1.29 is 0 Å². The van der Waals surface area contributed by atoms with Crippen molar-refractivity contribution in [3.63, 3.8) is 0 Å². The minimum Gasteiger partial charge on any atom is -0.275 e. The average Bonchev–Trinajstić information content (AvgIpc) is 2.28. The van der Waals surface area contributed by atoms with Gasteiger partial charge in [0.25, 0.3) is 0 Å². The van der Waals surface area contributed by atoms with Gasteiger partial charge in [-0.2, -0.15) is 5.10 Å². The molecule has 1 N–H and O–H groups in total. The summed E-state index contributed by atoms with van der Waals surface area (Å²) in [5, 5.41) is 4.25. The Hall–Kier alpha value is -0.540. The number of aromatic nitrogens is 2. The molecule has 0 radical (unpaired) electrons. The van der Waals surface area contributed by atoms with E-state index >= 15 is 0 Å². The Morgan fingerprint density at radius 1 is 1.73 bits per heavy atom. The van der Waals surface area contributed by atoms with Crippen LogP contribution in [-0.4, -0.2) is 9.78 Å². The third-order valence-corrected chi connectivity index (χ3v) is 1.95. The van der Waals surface area contributed by atoms with Crippen LogP contribution >= 0.6 is 11.8 Å². The van der Waals surface area contributed by atoms with Crippen LogP contribution in [0.15, 0.2) is 6.20 Å². The molecule has 0 fully saturated rings. The van der Waals surface area contributed by atoms with Gasteiger partial charge in [0, 0.05) is 13.2 Å². The van der Waals surface area contributed by atoms with E-state index in [9.17, 15) is 0 Å². The molecule has 0 saturated carbocycles. The Morgan fingerprint density at radius 3 is 2.73 bits per heavy atom. The van der Waals surface area contributed by atoms with E-state index in [0.29, 0.717) is 0 Å². The van der Waals surface area contributed by atoms with E-state index in [1.807, 2.05) is 27.1 Å². The van der Waals surface area contributed by atoms with Crippen LogP contribution in [0.4, 0.5) is 0 Å². The molecule has 1 aromatic rings. The third-order valence-electron chi connectivity index (χ3n) is 1.62. The van der Waals surface area contributed by atoms with Gasteiger partial charge in [-0.05, 0) is 31.2 Å². The Kier molecular flexibility index (Phi) is 2.52. The summed E-state index contributed by atoms with van der Waals surface area (Å²) in [6.45, 7) is 4.00. The zero-order valence-corrected chi connectivity index (χ0v) is 7.68. The summed E-state index contributed by atoms with van der Waals surface area (Å²) in [5.41, 5.74) is 2.16. The first-order valence-corrected chi connectivity index (χ1v) is 3.89. The van der Waals surface area contributed by atoms with Gasteiger partial charge in [-0.15, -0.1) is 0 Å². The highest BCUT2D eigenvalue weighted by Gasteiger charge is 2.09. The second-order valence-corrected chi connectivity index (χ2v) is 2.92. The molecule has 62 valence electrons. The highest BCUT2D eigenvalue weighted by molar-refractivity contribution is 6.13. The first-order chi connectivity index (χ1) is 5.15. The van der Waals surface area contributed by atoms with Crippen molar-refractivity contribution in [1.82, 2.24) is 14.6 Å². The number of hydrogen-bond acceptors (Lipinski definition) is 2. The summed E-state index contributed by atoms with van der Waals surface area (Å²) in [7, 11) is 1.90. The van der Waals surface area contributed by atoms with Crippen molar-refractivity contribution in [3.8, 4) is 0 Å². The Morgan fingerprint density at radius 2 is 2.36 bits per heavy atom. The van der Waals surface area contributed by atoms with Crippen molar-refractivity contribution in [2.24, 2.45) is 7.05 Å². The van der Waals surface area contributed by atoms with Crippen molar-refractivity contribution in [2.75, 3.05) is 0 Å². The third kappa shape index (κ3) is 1.73. The van der Waals surface area contributed by atoms with E-state index in [4.69, 9.17) is 11.8 Å². The SMILES string of the molecule is Cc1cn(C)nc1[C@H](C)NCl. The number of nitrogens with zero attached hydrogens (tertiary/aromatic N) is 2. The first kappa shape index (κ1) is 8.56. The number of halogens is 1. The van der Waals surface area contributed by atoms with E-state index in [-0.39, 0.29) is 6.04 Å². The second-order valence-electron chi connectivity index (χ2n) is 2.70. The van der Waals surface area contributed by atoms with Crippen LogP contribution in [0.5, 0.6) is 0 Å². The van der Waals surface area contributed by atoms with Gasteiger partial charge in [0.15, 0.2) is 0 Å². The maximum absolute atomic E-state index is 5.47. The highest BCUT2D eigenvalue weighted by atomic mass is 35.5. The minimum atomic E-state index is 0.109. The lowest BCUT2D eigenvalue weighted by Gasteiger charge is -2.04. The predicted molar refractivity (Wildman–Crippen MR) is 45.3 cm³/mol. The lowest BCUT2D eigenvalue weighted by molar-refractivity contribution is 0.667. The van der Waals surface area contributed by atoms with E-state index in [0.717, 1.165) is 11.3 Å². The quantitative estimate of drug-likeness (QED) is 0.688. The molecule has 1 rings (SSSR count). The largest absolute Gasteiger partial charge is 0.275 e. The monoisotopic (exact) mass is 173 g/mol. The molecule has 1 heterocycles. The van der Waals surface area contributed by atoms with E-state index in [1.54, 1.807) is 4.68 Å². The average molecular weight is 174 g/mol. The molecule has 0 aromatic carbocycles. The number of nitrogens with one attached hydrogen (secondary N) is 1. The van der Waals surface area contributed by atoms with Crippen LogP contribution < -0.4 is 4.84 Å². The maximum atomic E-state index is 5.47. The van der Waals surface area contributed by atoms with Crippen LogP contribution in [0.3, 0.4) is 0 Å². The highest BCUT2D eigenvalue weighted by Crippen LogP contribution is 2.14. The molecule has 0 aliphatic rings. The molecule has 0 saturated heterocycles.